The maximum atomic E-state index is 14.1. The van der Waals surface area contributed by atoms with Gasteiger partial charge in [-0.05, 0) is 24.7 Å². The van der Waals surface area contributed by atoms with E-state index in [1.165, 1.54) is 6.07 Å². The van der Waals surface area contributed by atoms with E-state index in [0.717, 1.165) is 12.3 Å². The fourth-order valence-corrected chi connectivity index (χ4v) is 4.16. The highest BCUT2D eigenvalue weighted by atomic mass is 19.4. The largest absolute Gasteiger partial charge is 0.433 e. The number of alkyl halides is 3. The Morgan fingerprint density at radius 2 is 1.60 bits per heavy atom. The van der Waals surface area contributed by atoms with Gasteiger partial charge in [0.05, 0.1) is 11.9 Å². The van der Waals surface area contributed by atoms with E-state index in [1.54, 1.807) is 47.4 Å². The maximum Gasteiger partial charge on any atom is 0.433 e. The van der Waals surface area contributed by atoms with Crippen molar-refractivity contribution in [3.8, 4) is 22.4 Å². The van der Waals surface area contributed by atoms with E-state index >= 15 is 0 Å². The maximum absolute atomic E-state index is 14.1. The molecular weight excluding hydrogens is 462 g/mol. The summed E-state index contributed by atoms with van der Waals surface area (Å²) in [6.07, 6.45) is -3.58. The average molecular weight is 483 g/mol. The Kier molecular flexibility index (Phi) is 5.76. The van der Waals surface area contributed by atoms with Crippen LogP contribution in [-0.4, -0.2) is 63.5 Å². The number of amides is 1. The molecule has 1 aliphatic rings. The highest BCUT2D eigenvalue weighted by Gasteiger charge is 2.36. The molecule has 10 heteroatoms. The second kappa shape index (κ2) is 8.77. The molecule has 0 bridgehead atoms. The first-order valence-corrected chi connectivity index (χ1v) is 11.0. The SMILES string of the molecule is CN1CCN(C(=O)c2cnn3c(C(F)(F)F)cc(-c4ccc(-c5ccccc5F)cc4)nc23)CC1. The summed E-state index contributed by atoms with van der Waals surface area (Å²) in [4.78, 5) is 21.2. The van der Waals surface area contributed by atoms with Gasteiger partial charge in [-0.15, -0.1) is 0 Å². The van der Waals surface area contributed by atoms with E-state index in [2.05, 4.69) is 15.0 Å². The van der Waals surface area contributed by atoms with E-state index in [-0.39, 0.29) is 16.9 Å². The van der Waals surface area contributed by atoms with Crippen LogP contribution in [0, 0.1) is 5.82 Å². The molecule has 4 aromatic rings. The quantitative estimate of drug-likeness (QED) is 0.400. The Bertz CT molecular complexity index is 1390. The first-order valence-electron chi connectivity index (χ1n) is 11.0. The predicted octanol–water partition coefficient (Wildman–Crippen LogP) is 4.61. The average Bonchev–Trinajstić information content (AvgIpc) is 3.27. The normalized spacial score (nSPS) is 15.1. The van der Waals surface area contributed by atoms with Crippen LogP contribution in [0.5, 0.6) is 0 Å². The summed E-state index contributed by atoms with van der Waals surface area (Å²) in [5, 5.41) is 3.85. The van der Waals surface area contributed by atoms with Crippen LogP contribution in [0.2, 0.25) is 0 Å². The van der Waals surface area contributed by atoms with Crippen LogP contribution in [0.4, 0.5) is 17.6 Å². The molecule has 0 saturated carbocycles. The molecule has 0 unspecified atom stereocenters. The molecule has 0 N–H and O–H groups in total. The number of carbonyl (C=O) groups is 1. The van der Waals surface area contributed by atoms with E-state index in [0.29, 0.717) is 47.4 Å². The van der Waals surface area contributed by atoms with Crippen LogP contribution >= 0.6 is 0 Å². The number of hydrogen-bond donors (Lipinski definition) is 0. The van der Waals surface area contributed by atoms with Gasteiger partial charge < -0.3 is 9.80 Å². The van der Waals surface area contributed by atoms with Crippen molar-refractivity contribution >= 4 is 11.6 Å². The smallest absolute Gasteiger partial charge is 0.336 e. The molecule has 1 fully saturated rings. The highest BCUT2D eigenvalue weighted by Crippen LogP contribution is 2.34. The molecule has 35 heavy (non-hydrogen) atoms. The van der Waals surface area contributed by atoms with Gasteiger partial charge >= 0.3 is 6.18 Å². The molecule has 1 saturated heterocycles. The summed E-state index contributed by atoms with van der Waals surface area (Å²) in [6.45, 7) is 2.28. The zero-order valence-electron chi connectivity index (χ0n) is 18.8. The molecule has 180 valence electrons. The molecular formula is C25H21F4N5O. The molecule has 0 atom stereocenters. The number of piperazine rings is 1. The molecule has 0 aliphatic carbocycles. The Balaban J connectivity index is 1.58. The van der Waals surface area contributed by atoms with E-state index < -0.39 is 23.6 Å². The third kappa shape index (κ3) is 4.37. The van der Waals surface area contributed by atoms with Crippen molar-refractivity contribution < 1.29 is 22.4 Å². The lowest BCUT2D eigenvalue weighted by Crippen LogP contribution is -2.47. The highest BCUT2D eigenvalue weighted by molar-refractivity contribution is 6.00. The summed E-state index contributed by atoms with van der Waals surface area (Å²) < 4.78 is 56.6. The van der Waals surface area contributed by atoms with Crippen molar-refractivity contribution in [1.29, 1.82) is 0 Å². The Labute approximate surface area is 198 Å². The van der Waals surface area contributed by atoms with Gasteiger partial charge in [0.1, 0.15) is 11.4 Å². The Morgan fingerprint density at radius 3 is 2.26 bits per heavy atom. The standard InChI is InChI=1S/C25H21F4N5O/c1-32-10-12-33(13-11-32)24(35)19-15-30-34-22(25(27,28)29)14-21(31-23(19)34)17-8-6-16(7-9-17)18-4-2-3-5-20(18)26/h2-9,14-15H,10-13H2,1H3. The van der Waals surface area contributed by atoms with Crippen molar-refractivity contribution in [2.45, 2.75) is 6.18 Å². The van der Waals surface area contributed by atoms with Crippen LogP contribution in [0.15, 0.2) is 60.8 Å². The number of rotatable bonds is 3. The van der Waals surface area contributed by atoms with Gasteiger partial charge in [-0.25, -0.2) is 13.9 Å². The van der Waals surface area contributed by atoms with Gasteiger partial charge in [-0.1, -0.05) is 42.5 Å². The van der Waals surface area contributed by atoms with Gasteiger partial charge in [0.15, 0.2) is 11.3 Å². The third-order valence-corrected chi connectivity index (χ3v) is 6.15. The van der Waals surface area contributed by atoms with Gasteiger partial charge in [-0.3, -0.25) is 4.79 Å². The zero-order valence-corrected chi connectivity index (χ0v) is 18.8. The number of nitrogens with zero attached hydrogens (tertiary/aromatic N) is 5. The summed E-state index contributed by atoms with van der Waals surface area (Å²) in [7, 11) is 1.94. The predicted molar refractivity (Wildman–Crippen MR) is 122 cm³/mol. The number of fused-ring (bicyclic) bond motifs is 1. The number of carbonyl (C=O) groups excluding carboxylic acids is 1. The molecule has 0 radical (unpaired) electrons. The van der Waals surface area contributed by atoms with Crippen LogP contribution < -0.4 is 0 Å². The van der Waals surface area contributed by atoms with Crippen LogP contribution in [0.3, 0.4) is 0 Å². The monoisotopic (exact) mass is 483 g/mol. The number of hydrogen-bond acceptors (Lipinski definition) is 4. The fourth-order valence-electron chi connectivity index (χ4n) is 4.16. The van der Waals surface area contributed by atoms with Crippen molar-refractivity contribution in [2.75, 3.05) is 33.2 Å². The number of halogens is 4. The van der Waals surface area contributed by atoms with Crippen LogP contribution in [0.25, 0.3) is 28.0 Å². The lowest BCUT2D eigenvalue weighted by Gasteiger charge is -2.32. The fraction of sp³-hybridized carbons (Fsp3) is 0.240. The summed E-state index contributed by atoms with van der Waals surface area (Å²) in [6, 6.07) is 13.6. The van der Waals surface area contributed by atoms with Gasteiger partial charge in [0, 0.05) is 37.3 Å². The second-order valence-electron chi connectivity index (χ2n) is 8.47. The van der Waals surface area contributed by atoms with E-state index in [4.69, 9.17) is 0 Å². The summed E-state index contributed by atoms with van der Waals surface area (Å²) >= 11 is 0. The summed E-state index contributed by atoms with van der Waals surface area (Å²) in [5.74, 6) is -0.800. The molecule has 5 rings (SSSR count). The number of likely N-dealkylation sites (N-methyl/N-ethyl adjacent to an activating group) is 1. The Hall–Kier alpha value is -3.79. The minimum Gasteiger partial charge on any atom is -0.336 e. The van der Waals surface area contributed by atoms with Gasteiger partial charge in [0.25, 0.3) is 5.91 Å². The zero-order chi connectivity index (χ0) is 24.7. The van der Waals surface area contributed by atoms with E-state index in [1.807, 2.05) is 7.05 Å². The number of aromatic nitrogens is 3. The molecule has 1 aliphatic heterocycles. The first-order chi connectivity index (χ1) is 16.7. The molecule has 3 heterocycles. The lowest BCUT2D eigenvalue weighted by atomic mass is 10.0. The minimum absolute atomic E-state index is 0.0184. The van der Waals surface area contributed by atoms with Gasteiger partial charge in [-0.2, -0.15) is 18.3 Å². The minimum atomic E-state index is -4.72. The van der Waals surface area contributed by atoms with Crippen LogP contribution in [0.1, 0.15) is 16.1 Å². The van der Waals surface area contributed by atoms with Crippen LogP contribution in [-0.2, 0) is 6.18 Å². The first kappa shape index (κ1) is 23.0. The molecule has 2 aromatic carbocycles. The topological polar surface area (TPSA) is 53.7 Å². The Morgan fingerprint density at radius 1 is 0.943 bits per heavy atom. The molecule has 2 aromatic heterocycles. The molecule has 1 amide bonds. The van der Waals surface area contributed by atoms with Crippen molar-refractivity contribution in [1.82, 2.24) is 24.4 Å². The third-order valence-electron chi connectivity index (χ3n) is 6.15. The van der Waals surface area contributed by atoms with Crippen molar-refractivity contribution in [3.63, 3.8) is 0 Å². The lowest BCUT2D eigenvalue weighted by molar-refractivity contribution is -0.142. The van der Waals surface area contributed by atoms with Crippen molar-refractivity contribution in [2.24, 2.45) is 0 Å². The summed E-state index contributed by atoms with van der Waals surface area (Å²) in [5.41, 5.74) is 0.235. The number of benzene rings is 2. The molecule has 0 spiro atoms. The van der Waals surface area contributed by atoms with Gasteiger partial charge in [0.2, 0.25) is 0 Å². The van der Waals surface area contributed by atoms with E-state index in [9.17, 15) is 22.4 Å². The second-order valence-corrected chi connectivity index (χ2v) is 8.47. The molecule has 6 nitrogen and oxygen atoms in total. The van der Waals surface area contributed by atoms with Crippen molar-refractivity contribution in [3.05, 3.63) is 77.9 Å².